The van der Waals surface area contributed by atoms with E-state index in [2.05, 4.69) is 14.8 Å². The van der Waals surface area contributed by atoms with Crippen molar-refractivity contribution in [2.45, 2.75) is 31.2 Å². The summed E-state index contributed by atoms with van der Waals surface area (Å²) in [5, 5.41) is 1.33. The Morgan fingerprint density at radius 3 is 2.29 bits per heavy atom. The second-order valence-electron chi connectivity index (χ2n) is 6.82. The highest BCUT2D eigenvalue weighted by molar-refractivity contribution is 7.90. The van der Waals surface area contributed by atoms with Crippen LogP contribution < -0.4 is 10.0 Å². The van der Waals surface area contributed by atoms with Crippen LogP contribution in [0.4, 0.5) is 9.18 Å². The zero-order valence-electron chi connectivity index (χ0n) is 17.2. The number of carbonyl (C=O) groups excluding carboxylic acids is 2. The van der Waals surface area contributed by atoms with Crippen molar-refractivity contribution < 1.29 is 31.9 Å². The number of alkyl carbamates (subject to hydrolysis) is 1. The third-order valence-electron chi connectivity index (χ3n) is 4.42. The number of nitrogens with one attached hydrogen (secondary N) is 2. The van der Waals surface area contributed by atoms with E-state index in [0.29, 0.717) is 5.56 Å². The number of carbonyl (C=O) groups is 2. The zero-order valence-corrected chi connectivity index (χ0v) is 18.0. The lowest BCUT2D eigenvalue weighted by Crippen LogP contribution is -2.48. The highest BCUT2D eigenvalue weighted by Crippen LogP contribution is 2.09. The molecule has 0 aliphatic heterocycles. The van der Waals surface area contributed by atoms with Crippen molar-refractivity contribution in [3.63, 3.8) is 0 Å². The predicted octanol–water partition coefficient (Wildman–Crippen LogP) is 2.14. The van der Waals surface area contributed by atoms with Crippen molar-refractivity contribution in [2.75, 3.05) is 13.7 Å². The van der Waals surface area contributed by atoms with Crippen molar-refractivity contribution in [3.8, 4) is 0 Å². The standard InChI is InChI=1S/C21H25FN2O6S/c1-15(13-23-21(26)30-14-17-6-4-3-5-7-17)31(27,28)24-19(20(25)29-2)12-16-8-10-18(22)11-9-16/h3-11,15,19,24H,12-14H2,1-2H3,(H,23,26)/t15?,19-/m0/s1. The predicted molar refractivity (Wildman–Crippen MR) is 112 cm³/mol. The minimum absolute atomic E-state index is 0.0224. The minimum atomic E-state index is -4.00. The molecule has 0 fully saturated rings. The van der Waals surface area contributed by atoms with E-state index >= 15 is 0 Å². The first-order valence-electron chi connectivity index (χ1n) is 9.49. The normalized spacial score (nSPS) is 13.1. The van der Waals surface area contributed by atoms with Gasteiger partial charge in [0.25, 0.3) is 0 Å². The summed E-state index contributed by atoms with van der Waals surface area (Å²) in [7, 11) is -2.86. The van der Waals surface area contributed by atoms with Crippen LogP contribution >= 0.6 is 0 Å². The van der Waals surface area contributed by atoms with Gasteiger partial charge < -0.3 is 14.8 Å². The van der Waals surface area contributed by atoms with Crippen LogP contribution in [0.2, 0.25) is 0 Å². The molecule has 2 aromatic rings. The lowest BCUT2D eigenvalue weighted by molar-refractivity contribution is -0.142. The second kappa shape index (κ2) is 11.4. The minimum Gasteiger partial charge on any atom is -0.468 e. The maximum absolute atomic E-state index is 13.1. The summed E-state index contributed by atoms with van der Waals surface area (Å²) < 4.78 is 50.4. The van der Waals surface area contributed by atoms with E-state index in [-0.39, 0.29) is 19.6 Å². The maximum atomic E-state index is 13.1. The van der Waals surface area contributed by atoms with E-state index in [4.69, 9.17) is 4.74 Å². The summed E-state index contributed by atoms with van der Waals surface area (Å²) in [6.45, 7) is 1.20. The average Bonchev–Trinajstić information content (AvgIpc) is 2.77. The molecular formula is C21H25FN2O6S. The SMILES string of the molecule is COC(=O)[C@H](Cc1ccc(F)cc1)NS(=O)(=O)C(C)CNC(=O)OCc1ccccc1. The van der Waals surface area contributed by atoms with Gasteiger partial charge in [0.1, 0.15) is 18.5 Å². The Hall–Kier alpha value is -2.98. The van der Waals surface area contributed by atoms with E-state index in [1.807, 2.05) is 6.07 Å². The van der Waals surface area contributed by atoms with Crippen LogP contribution in [-0.2, 0) is 37.3 Å². The van der Waals surface area contributed by atoms with Crippen LogP contribution in [0.25, 0.3) is 0 Å². The highest BCUT2D eigenvalue weighted by atomic mass is 32.2. The molecule has 1 unspecified atom stereocenters. The summed E-state index contributed by atoms with van der Waals surface area (Å²) in [4.78, 5) is 23.9. The van der Waals surface area contributed by atoms with E-state index < -0.39 is 39.2 Å². The van der Waals surface area contributed by atoms with Crippen LogP contribution in [-0.4, -0.2) is 45.4 Å². The van der Waals surface area contributed by atoms with Crippen LogP contribution in [0, 0.1) is 5.82 Å². The lowest BCUT2D eigenvalue weighted by atomic mass is 10.1. The monoisotopic (exact) mass is 452 g/mol. The van der Waals surface area contributed by atoms with Gasteiger partial charge >= 0.3 is 12.1 Å². The summed E-state index contributed by atoms with van der Waals surface area (Å²) in [6, 6.07) is 13.2. The van der Waals surface area contributed by atoms with Crippen molar-refractivity contribution >= 4 is 22.1 Å². The van der Waals surface area contributed by atoms with E-state index in [1.54, 1.807) is 24.3 Å². The molecule has 0 radical (unpaired) electrons. The molecule has 8 nitrogen and oxygen atoms in total. The Morgan fingerprint density at radius 1 is 1.03 bits per heavy atom. The average molecular weight is 453 g/mol. The number of rotatable bonds is 10. The van der Waals surface area contributed by atoms with E-state index in [9.17, 15) is 22.4 Å². The number of hydrogen-bond acceptors (Lipinski definition) is 6. The van der Waals surface area contributed by atoms with Gasteiger partial charge in [-0.05, 0) is 36.6 Å². The fourth-order valence-corrected chi connectivity index (χ4v) is 3.71. The smallest absolute Gasteiger partial charge is 0.407 e. The van der Waals surface area contributed by atoms with Crippen molar-refractivity contribution in [1.82, 2.24) is 10.0 Å². The number of sulfonamides is 1. The largest absolute Gasteiger partial charge is 0.468 e. The molecule has 0 heterocycles. The Kier molecular flexibility index (Phi) is 8.95. The Morgan fingerprint density at radius 2 is 1.68 bits per heavy atom. The van der Waals surface area contributed by atoms with Crippen molar-refractivity contribution in [2.24, 2.45) is 0 Å². The quantitative estimate of drug-likeness (QED) is 0.535. The number of hydrogen-bond donors (Lipinski definition) is 2. The van der Waals surface area contributed by atoms with Crippen LogP contribution in [0.1, 0.15) is 18.1 Å². The molecule has 2 aromatic carbocycles. The number of ether oxygens (including phenoxy) is 2. The Bertz CT molecular complexity index is 967. The fourth-order valence-electron chi connectivity index (χ4n) is 2.60. The third-order valence-corrected chi connectivity index (χ3v) is 6.26. The molecule has 2 rings (SSSR count). The molecule has 0 saturated heterocycles. The number of amides is 1. The van der Waals surface area contributed by atoms with Gasteiger partial charge in [0.2, 0.25) is 10.0 Å². The fraction of sp³-hybridized carbons (Fsp3) is 0.333. The van der Waals surface area contributed by atoms with Gasteiger partial charge in [-0.3, -0.25) is 4.79 Å². The molecule has 10 heteroatoms. The summed E-state index contributed by atoms with van der Waals surface area (Å²) in [6.07, 6.45) is -0.785. The Labute approximate surface area is 180 Å². The molecule has 31 heavy (non-hydrogen) atoms. The lowest BCUT2D eigenvalue weighted by Gasteiger charge is -2.20. The maximum Gasteiger partial charge on any atom is 0.407 e. The first kappa shape index (κ1) is 24.3. The topological polar surface area (TPSA) is 111 Å². The summed E-state index contributed by atoms with van der Waals surface area (Å²) >= 11 is 0. The molecule has 0 aromatic heterocycles. The van der Waals surface area contributed by atoms with E-state index in [1.165, 1.54) is 31.2 Å². The molecule has 0 saturated carbocycles. The van der Waals surface area contributed by atoms with E-state index in [0.717, 1.165) is 12.7 Å². The molecule has 0 bridgehead atoms. The van der Waals surface area contributed by atoms with Gasteiger partial charge in [-0.1, -0.05) is 42.5 Å². The van der Waals surface area contributed by atoms with Gasteiger partial charge in [-0.2, -0.15) is 0 Å². The first-order valence-corrected chi connectivity index (χ1v) is 11.0. The molecule has 1 amide bonds. The summed E-state index contributed by atoms with van der Waals surface area (Å²) in [5.74, 6) is -1.23. The summed E-state index contributed by atoms with van der Waals surface area (Å²) in [5.41, 5.74) is 1.34. The van der Waals surface area contributed by atoms with Gasteiger partial charge in [0.05, 0.1) is 12.4 Å². The van der Waals surface area contributed by atoms with Crippen LogP contribution in [0.3, 0.4) is 0 Å². The molecular weight excluding hydrogens is 427 g/mol. The third kappa shape index (κ3) is 7.99. The highest BCUT2D eigenvalue weighted by Gasteiger charge is 2.29. The molecule has 2 atom stereocenters. The number of esters is 1. The first-order chi connectivity index (χ1) is 14.7. The van der Waals surface area contributed by atoms with Gasteiger partial charge in [-0.25, -0.2) is 22.3 Å². The van der Waals surface area contributed by atoms with Crippen molar-refractivity contribution in [1.29, 1.82) is 0 Å². The van der Waals surface area contributed by atoms with Crippen LogP contribution in [0.5, 0.6) is 0 Å². The van der Waals surface area contributed by atoms with Gasteiger partial charge in [0, 0.05) is 6.54 Å². The number of halogens is 1. The zero-order chi connectivity index (χ0) is 22.9. The molecule has 168 valence electrons. The molecule has 0 spiro atoms. The van der Waals surface area contributed by atoms with Crippen LogP contribution in [0.15, 0.2) is 54.6 Å². The number of methoxy groups -OCH3 is 1. The van der Waals surface area contributed by atoms with Gasteiger partial charge in [0.15, 0.2) is 0 Å². The Balaban J connectivity index is 1.91. The molecule has 0 aliphatic carbocycles. The number of benzene rings is 2. The molecule has 2 N–H and O–H groups in total. The molecule has 0 aliphatic rings. The second-order valence-corrected chi connectivity index (χ2v) is 8.95. The van der Waals surface area contributed by atoms with Crippen molar-refractivity contribution in [3.05, 3.63) is 71.5 Å². The van der Waals surface area contributed by atoms with Gasteiger partial charge in [-0.15, -0.1) is 0 Å².